The number of hydrogen-bond donors (Lipinski definition) is 0. The molecule has 2 aliphatic rings. The van der Waals surface area contributed by atoms with Crippen molar-refractivity contribution in [2.45, 2.75) is 38.5 Å². The van der Waals surface area contributed by atoms with Gasteiger partial charge in [-0.1, -0.05) is 0 Å². The molecule has 2 aromatic heterocycles. The Kier molecular flexibility index (Phi) is 4.71. The molecule has 0 unspecified atom stereocenters. The molecule has 2 aliphatic heterocycles. The molecule has 2 saturated heterocycles. The van der Waals surface area contributed by atoms with Gasteiger partial charge in [-0.25, -0.2) is 17.2 Å². The highest BCUT2D eigenvalue weighted by Crippen LogP contribution is 2.31. The average molecular weight is 391 g/mol. The van der Waals surface area contributed by atoms with Crippen LogP contribution in [0.1, 0.15) is 53.2 Å². The quantitative estimate of drug-likeness (QED) is 0.804. The molecule has 4 heterocycles. The number of carbonyl (C=O) groups excluding carboxylic acids is 1. The summed E-state index contributed by atoms with van der Waals surface area (Å²) in [5.41, 5.74) is 3.47. The van der Waals surface area contributed by atoms with Crippen molar-refractivity contribution in [2.24, 2.45) is 0 Å². The van der Waals surface area contributed by atoms with Gasteiger partial charge in [-0.2, -0.15) is 5.10 Å². The molecule has 2 aromatic rings. The van der Waals surface area contributed by atoms with Crippen LogP contribution in [0.25, 0.3) is 5.52 Å². The topological polar surface area (TPSA) is 75.0 Å². The highest BCUT2D eigenvalue weighted by Gasteiger charge is 2.28. The van der Waals surface area contributed by atoms with Crippen LogP contribution in [-0.4, -0.2) is 65.6 Å². The fraction of sp³-hybridized carbons (Fsp3) is 0.579. The third kappa shape index (κ3) is 3.48. The number of likely N-dealkylation sites (tertiary alicyclic amines) is 1. The van der Waals surface area contributed by atoms with Crippen LogP contribution in [-0.2, 0) is 10.0 Å². The maximum atomic E-state index is 13.0. The molecule has 0 radical (unpaired) electrons. The van der Waals surface area contributed by atoms with Gasteiger partial charge in [0.25, 0.3) is 5.91 Å². The van der Waals surface area contributed by atoms with E-state index < -0.39 is 10.0 Å². The summed E-state index contributed by atoms with van der Waals surface area (Å²) in [5, 5.41) is 4.52. The van der Waals surface area contributed by atoms with E-state index >= 15 is 0 Å². The third-order valence-electron chi connectivity index (χ3n) is 5.84. The van der Waals surface area contributed by atoms with Crippen LogP contribution in [0.2, 0.25) is 0 Å². The second-order valence-electron chi connectivity index (χ2n) is 7.69. The van der Waals surface area contributed by atoms with Crippen LogP contribution < -0.4 is 0 Å². The van der Waals surface area contributed by atoms with Crippen LogP contribution in [0.4, 0.5) is 0 Å². The van der Waals surface area contributed by atoms with Gasteiger partial charge in [0.2, 0.25) is 10.0 Å². The molecule has 7 nitrogen and oxygen atoms in total. The molecule has 146 valence electrons. The van der Waals surface area contributed by atoms with Gasteiger partial charge >= 0.3 is 0 Å². The molecule has 0 spiro atoms. The van der Waals surface area contributed by atoms with E-state index in [1.54, 1.807) is 8.82 Å². The van der Waals surface area contributed by atoms with Crippen LogP contribution in [0, 0.1) is 6.92 Å². The number of rotatable bonds is 3. The number of fused-ring (bicyclic) bond motifs is 1. The van der Waals surface area contributed by atoms with E-state index in [0.29, 0.717) is 24.6 Å². The van der Waals surface area contributed by atoms with Gasteiger partial charge in [0.05, 0.1) is 23.0 Å². The first-order valence-corrected chi connectivity index (χ1v) is 11.4. The molecule has 0 saturated carbocycles. The molecule has 0 aliphatic carbocycles. The van der Waals surface area contributed by atoms with Gasteiger partial charge in [0.15, 0.2) is 0 Å². The maximum absolute atomic E-state index is 13.0. The lowest BCUT2D eigenvalue weighted by Crippen LogP contribution is -2.37. The fourth-order valence-electron chi connectivity index (χ4n) is 4.30. The van der Waals surface area contributed by atoms with Gasteiger partial charge in [-0.05, 0) is 56.2 Å². The fourth-order valence-corrected chi connectivity index (χ4v) is 5.17. The van der Waals surface area contributed by atoms with E-state index in [-0.39, 0.29) is 5.91 Å². The number of piperidine rings is 1. The number of carbonyl (C=O) groups is 1. The molecule has 1 amide bonds. The molecule has 0 N–H and O–H groups in total. The van der Waals surface area contributed by atoms with E-state index in [1.807, 2.05) is 24.1 Å². The van der Waals surface area contributed by atoms with Gasteiger partial charge < -0.3 is 4.90 Å². The molecule has 0 aromatic carbocycles. The molecule has 0 bridgehead atoms. The minimum atomic E-state index is -3.12. The van der Waals surface area contributed by atoms with E-state index in [2.05, 4.69) is 11.2 Å². The number of aromatic nitrogens is 2. The number of sulfonamides is 1. The monoisotopic (exact) mass is 390 g/mol. The summed E-state index contributed by atoms with van der Waals surface area (Å²) in [6, 6.07) is 4.12. The van der Waals surface area contributed by atoms with Crippen LogP contribution in [0.5, 0.6) is 0 Å². The zero-order chi connectivity index (χ0) is 19.2. The lowest BCUT2D eigenvalue weighted by atomic mass is 9.90. The first-order valence-electron chi connectivity index (χ1n) is 9.58. The zero-order valence-electron chi connectivity index (χ0n) is 15.9. The van der Waals surface area contributed by atoms with Crippen molar-refractivity contribution in [1.82, 2.24) is 18.8 Å². The number of pyridine rings is 1. The Bertz CT molecular complexity index is 968. The Hall–Kier alpha value is -1.93. The van der Waals surface area contributed by atoms with Crippen molar-refractivity contribution in [2.75, 3.05) is 32.4 Å². The van der Waals surface area contributed by atoms with Gasteiger partial charge in [0.1, 0.15) is 0 Å². The van der Waals surface area contributed by atoms with Gasteiger partial charge in [-0.3, -0.25) is 4.79 Å². The molecule has 0 atom stereocenters. The first kappa shape index (κ1) is 18.4. The van der Waals surface area contributed by atoms with Crippen LogP contribution in [0.15, 0.2) is 18.3 Å². The Balaban J connectivity index is 1.62. The average Bonchev–Trinajstić information content (AvgIpc) is 3.27. The second kappa shape index (κ2) is 6.91. The zero-order valence-corrected chi connectivity index (χ0v) is 16.7. The van der Waals surface area contributed by atoms with Crippen molar-refractivity contribution in [1.29, 1.82) is 0 Å². The summed E-state index contributed by atoms with van der Waals surface area (Å²) in [6.07, 6.45) is 6.91. The van der Waals surface area contributed by atoms with Crippen molar-refractivity contribution in [3.8, 4) is 0 Å². The Morgan fingerprint density at radius 3 is 2.44 bits per heavy atom. The smallest absolute Gasteiger partial charge is 0.257 e. The predicted molar refractivity (Wildman–Crippen MR) is 103 cm³/mol. The first-order chi connectivity index (χ1) is 12.8. The van der Waals surface area contributed by atoms with Gasteiger partial charge in [0, 0.05) is 32.4 Å². The number of nitrogens with zero attached hydrogens (tertiary/aromatic N) is 4. The van der Waals surface area contributed by atoms with E-state index in [9.17, 15) is 13.2 Å². The van der Waals surface area contributed by atoms with Gasteiger partial charge in [-0.15, -0.1) is 0 Å². The van der Waals surface area contributed by atoms with Crippen LogP contribution >= 0.6 is 0 Å². The molecule has 27 heavy (non-hydrogen) atoms. The summed E-state index contributed by atoms with van der Waals surface area (Å²) in [5.74, 6) is 0.377. The highest BCUT2D eigenvalue weighted by molar-refractivity contribution is 7.88. The standard InChI is InChI=1S/C19H26N4O3S/c1-14-18(19(24)21-8-3-4-9-21)17-13-16(7-12-23(17)20-14)15-5-10-22(11-6-15)27(2,25)26/h7,12-13,15H,3-6,8-11H2,1-2H3. The van der Waals surface area contributed by atoms with E-state index in [0.717, 1.165) is 55.5 Å². The summed E-state index contributed by atoms with van der Waals surface area (Å²) in [4.78, 5) is 14.9. The molecule has 2 fully saturated rings. The lowest BCUT2D eigenvalue weighted by Gasteiger charge is -2.30. The highest BCUT2D eigenvalue weighted by atomic mass is 32.2. The summed E-state index contributed by atoms with van der Waals surface area (Å²) in [7, 11) is -3.12. The van der Waals surface area contributed by atoms with Crippen molar-refractivity contribution >= 4 is 21.4 Å². The minimum absolute atomic E-state index is 0.0732. The van der Waals surface area contributed by atoms with E-state index in [1.165, 1.54) is 6.26 Å². The summed E-state index contributed by atoms with van der Waals surface area (Å²) < 4.78 is 26.8. The maximum Gasteiger partial charge on any atom is 0.257 e. The predicted octanol–water partition coefficient (Wildman–Crippen LogP) is 2.02. The normalized spacial score (nSPS) is 19.9. The SMILES string of the molecule is Cc1nn2ccc(C3CCN(S(C)(=O)=O)CC3)cc2c1C(=O)N1CCCC1. The van der Waals surface area contributed by atoms with Crippen LogP contribution in [0.3, 0.4) is 0 Å². The third-order valence-corrected chi connectivity index (χ3v) is 7.14. The number of hydrogen-bond acceptors (Lipinski definition) is 4. The molecular formula is C19H26N4O3S. The Morgan fingerprint density at radius 2 is 1.81 bits per heavy atom. The largest absolute Gasteiger partial charge is 0.339 e. The van der Waals surface area contributed by atoms with E-state index in [4.69, 9.17) is 0 Å². The molecular weight excluding hydrogens is 364 g/mol. The second-order valence-corrected chi connectivity index (χ2v) is 9.67. The Morgan fingerprint density at radius 1 is 1.15 bits per heavy atom. The van der Waals surface area contributed by atoms with Crippen molar-refractivity contribution in [3.63, 3.8) is 0 Å². The summed E-state index contributed by atoms with van der Waals surface area (Å²) in [6.45, 7) is 4.62. The number of amides is 1. The molecule has 4 rings (SSSR count). The molecule has 8 heteroatoms. The summed E-state index contributed by atoms with van der Waals surface area (Å²) >= 11 is 0. The lowest BCUT2D eigenvalue weighted by molar-refractivity contribution is 0.0794. The van der Waals surface area contributed by atoms with Crippen molar-refractivity contribution in [3.05, 3.63) is 35.2 Å². The minimum Gasteiger partial charge on any atom is -0.339 e. The Labute approximate surface area is 160 Å². The number of aryl methyl sites for hydroxylation is 1. The van der Waals surface area contributed by atoms with Crippen molar-refractivity contribution < 1.29 is 13.2 Å².